The van der Waals surface area contributed by atoms with E-state index in [1.807, 2.05) is 6.07 Å². The van der Waals surface area contributed by atoms with Crippen LogP contribution in [-0.2, 0) is 12.8 Å². The van der Waals surface area contributed by atoms with Gasteiger partial charge in [0.2, 0.25) is 5.76 Å². The van der Waals surface area contributed by atoms with Crippen molar-refractivity contribution in [3.05, 3.63) is 69.4 Å². The molecule has 6 heteroatoms. The summed E-state index contributed by atoms with van der Waals surface area (Å²) in [6.07, 6.45) is 1.12. The van der Waals surface area contributed by atoms with E-state index in [9.17, 15) is 13.6 Å². The maximum absolute atomic E-state index is 13.4. The number of aromatic carboxylic acids is 1. The van der Waals surface area contributed by atoms with Gasteiger partial charge in [0.1, 0.15) is 5.58 Å². The van der Waals surface area contributed by atoms with Crippen molar-refractivity contribution < 1.29 is 23.1 Å². The number of hydrogen-bond acceptors (Lipinski definition) is 2. The molecule has 3 rings (SSSR count). The highest BCUT2D eigenvalue weighted by molar-refractivity contribution is 9.10. The van der Waals surface area contributed by atoms with E-state index in [1.54, 1.807) is 18.2 Å². The standard InChI is InChI=1S/C17H11BrF2O3/c18-12-5-10(6-13(19)16(12)20)2-1-9-3-4-11-8-15(17(21)22)23-14(11)7-9/h3-8H,1-2H2,(H,21,22). The van der Waals surface area contributed by atoms with Crippen LogP contribution in [0.15, 0.2) is 45.3 Å². The number of carboxylic acids is 1. The lowest BCUT2D eigenvalue weighted by Gasteiger charge is -2.05. The van der Waals surface area contributed by atoms with Gasteiger partial charge in [-0.3, -0.25) is 0 Å². The molecule has 0 fully saturated rings. The topological polar surface area (TPSA) is 50.4 Å². The van der Waals surface area contributed by atoms with Crippen LogP contribution in [0.3, 0.4) is 0 Å². The van der Waals surface area contributed by atoms with Gasteiger partial charge < -0.3 is 9.52 Å². The summed E-state index contributed by atoms with van der Waals surface area (Å²) in [5, 5.41) is 9.63. The van der Waals surface area contributed by atoms with Crippen molar-refractivity contribution in [1.29, 1.82) is 0 Å². The Morgan fingerprint density at radius 1 is 1.09 bits per heavy atom. The van der Waals surface area contributed by atoms with Crippen LogP contribution in [0.4, 0.5) is 8.78 Å². The maximum Gasteiger partial charge on any atom is 0.371 e. The first-order valence-corrected chi connectivity index (χ1v) is 7.62. The zero-order valence-corrected chi connectivity index (χ0v) is 13.4. The second-order valence-electron chi connectivity index (χ2n) is 5.16. The van der Waals surface area contributed by atoms with Crippen LogP contribution in [-0.4, -0.2) is 11.1 Å². The number of fused-ring (bicyclic) bond motifs is 1. The first kappa shape index (κ1) is 15.7. The van der Waals surface area contributed by atoms with Crippen LogP contribution in [0, 0.1) is 11.6 Å². The first-order valence-electron chi connectivity index (χ1n) is 6.83. The molecule has 2 aromatic carbocycles. The van der Waals surface area contributed by atoms with Gasteiger partial charge in [0, 0.05) is 5.39 Å². The van der Waals surface area contributed by atoms with Gasteiger partial charge in [0.25, 0.3) is 0 Å². The van der Waals surface area contributed by atoms with Gasteiger partial charge in [-0.2, -0.15) is 0 Å². The predicted octanol–water partition coefficient (Wildman–Crippen LogP) is 4.96. The van der Waals surface area contributed by atoms with Crippen LogP contribution in [0.2, 0.25) is 0 Å². The molecule has 0 aliphatic heterocycles. The number of carboxylic acid groups (broad SMARTS) is 1. The molecule has 1 aromatic heterocycles. The van der Waals surface area contributed by atoms with E-state index >= 15 is 0 Å². The summed E-state index contributed by atoms with van der Waals surface area (Å²) in [7, 11) is 0. The van der Waals surface area contributed by atoms with Crippen molar-refractivity contribution in [3.63, 3.8) is 0 Å². The van der Waals surface area contributed by atoms with Crippen LogP contribution in [0.1, 0.15) is 21.7 Å². The minimum Gasteiger partial charge on any atom is -0.475 e. The Balaban J connectivity index is 1.80. The molecular formula is C17H11BrF2O3. The number of hydrogen-bond donors (Lipinski definition) is 1. The molecule has 23 heavy (non-hydrogen) atoms. The van der Waals surface area contributed by atoms with Crippen molar-refractivity contribution in [2.75, 3.05) is 0 Å². The maximum atomic E-state index is 13.4. The first-order chi connectivity index (χ1) is 10.9. The summed E-state index contributed by atoms with van der Waals surface area (Å²) in [4.78, 5) is 10.9. The van der Waals surface area contributed by atoms with Crippen molar-refractivity contribution in [2.24, 2.45) is 0 Å². The molecule has 3 nitrogen and oxygen atoms in total. The molecule has 0 unspecified atom stereocenters. The summed E-state index contributed by atoms with van der Waals surface area (Å²) in [5.74, 6) is -3.01. The lowest BCUT2D eigenvalue weighted by atomic mass is 10.0. The minimum atomic E-state index is -1.12. The smallest absolute Gasteiger partial charge is 0.371 e. The summed E-state index contributed by atoms with van der Waals surface area (Å²) in [6, 6.07) is 9.59. The third-order valence-corrected chi connectivity index (χ3v) is 4.12. The average Bonchev–Trinajstić information content (AvgIpc) is 2.94. The quantitative estimate of drug-likeness (QED) is 0.651. The molecule has 0 saturated heterocycles. The number of furan rings is 1. The Morgan fingerprint density at radius 3 is 2.52 bits per heavy atom. The normalized spacial score (nSPS) is 11.1. The van der Waals surface area contributed by atoms with Crippen molar-refractivity contribution in [1.82, 2.24) is 0 Å². The molecule has 0 radical (unpaired) electrons. The average molecular weight is 381 g/mol. The Bertz CT molecular complexity index is 879. The number of rotatable bonds is 4. The van der Waals surface area contributed by atoms with Crippen LogP contribution in [0.5, 0.6) is 0 Å². The number of benzene rings is 2. The zero-order valence-electron chi connectivity index (χ0n) is 11.8. The molecule has 1 heterocycles. The van der Waals surface area contributed by atoms with Gasteiger partial charge in [-0.1, -0.05) is 12.1 Å². The Kier molecular flexibility index (Phi) is 4.17. The van der Waals surface area contributed by atoms with E-state index in [0.29, 0.717) is 29.4 Å². The van der Waals surface area contributed by atoms with Gasteiger partial charge in [0.15, 0.2) is 11.6 Å². The molecular weight excluding hydrogens is 370 g/mol. The molecule has 0 bridgehead atoms. The Labute approximate surface area is 138 Å². The van der Waals surface area contributed by atoms with Crippen LogP contribution < -0.4 is 0 Å². The lowest BCUT2D eigenvalue weighted by molar-refractivity contribution is 0.0665. The van der Waals surface area contributed by atoms with Crippen molar-refractivity contribution in [3.8, 4) is 0 Å². The monoisotopic (exact) mass is 380 g/mol. The van der Waals surface area contributed by atoms with E-state index in [0.717, 1.165) is 5.56 Å². The molecule has 0 atom stereocenters. The van der Waals surface area contributed by atoms with Crippen LogP contribution >= 0.6 is 15.9 Å². The Morgan fingerprint density at radius 2 is 1.83 bits per heavy atom. The van der Waals surface area contributed by atoms with E-state index < -0.39 is 17.6 Å². The highest BCUT2D eigenvalue weighted by atomic mass is 79.9. The molecule has 1 N–H and O–H groups in total. The summed E-state index contributed by atoms with van der Waals surface area (Å²) in [5.41, 5.74) is 2.08. The summed E-state index contributed by atoms with van der Waals surface area (Å²) >= 11 is 2.99. The van der Waals surface area contributed by atoms with E-state index in [1.165, 1.54) is 12.1 Å². The molecule has 118 valence electrons. The number of aryl methyl sites for hydroxylation is 2. The van der Waals surface area contributed by atoms with Gasteiger partial charge in [0.05, 0.1) is 4.47 Å². The predicted molar refractivity (Wildman–Crippen MR) is 84.6 cm³/mol. The largest absolute Gasteiger partial charge is 0.475 e. The van der Waals surface area contributed by atoms with E-state index in [2.05, 4.69) is 15.9 Å². The second kappa shape index (κ2) is 6.12. The molecule has 0 amide bonds. The third kappa shape index (κ3) is 3.27. The Hall–Kier alpha value is -2.21. The fraction of sp³-hybridized carbons (Fsp3) is 0.118. The van der Waals surface area contributed by atoms with Gasteiger partial charge in [-0.15, -0.1) is 0 Å². The van der Waals surface area contributed by atoms with Crippen molar-refractivity contribution in [2.45, 2.75) is 12.8 Å². The molecule has 0 saturated carbocycles. The molecule has 0 aliphatic rings. The highest BCUT2D eigenvalue weighted by Crippen LogP contribution is 2.24. The molecule has 0 spiro atoms. The summed E-state index contributed by atoms with van der Waals surface area (Å²) < 4.78 is 32.0. The third-order valence-electron chi connectivity index (χ3n) is 3.54. The zero-order chi connectivity index (χ0) is 16.6. The van der Waals surface area contributed by atoms with Crippen molar-refractivity contribution >= 4 is 32.9 Å². The SMILES string of the molecule is O=C(O)c1cc2ccc(CCc3cc(F)c(F)c(Br)c3)cc2o1. The summed E-state index contributed by atoms with van der Waals surface area (Å²) in [6.45, 7) is 0. The number of carbonyl (C=O) groups is 1. The molecule has 3 aromatic rings. The second-order valence-corrected chi connectivity index (χ2v) is 6.02. The molecule has 0 aliphatic carbocycles. The fourth-order valence-corrected chi connectivity index (χ4v) is 2.86. The number of halogens is 3. The van der Waals surface area contributed by atoms with E-state index in [-0.39, 0.29) is 10.2 Å². The van der Waals surface area contributed by atoms with Crippen LogP contribution in [0.25, 0.3) is 11.0 Å². The van der Waals surface area contributed by atoms with Gasteiger partial charge in [-0.25, -0.2) is 13.6 Å². The lowest BCUT2D eigenvalue weighted by Crippen LogP contribution is -1.95. The van der Waals surface area contributed by atoms with Gasteiger partial charge in [-0.05, 0) is 64.2 Å². The van der Waals surface area contributed by atoms with Gasteiger partial charge >= 0.3 is 5.97 Å². The highest BCUT2D eigenvalue weighted by Gasteiger charge is 2.11. The fourth-order valence-electron chi connectivity index (χ4n) is 2.38. The van der Waals surface area contributed by atoms with E-state index in [4.69, 9.17) is 9.52 Å². The minimum absolute atomic E-state index is 0.0973.